The number of methoxy groups -OCH3 is 1. The third-order valence-electron chi connectivity index (χ3n) is 5.07. The van der Waals surface area contributed by atoms with Crippen LogP contribution < -0.4 is 0 Å². The predicted molar refractivity (Wildman–Crippen MR) is 101 cm³/mol. The molecule has 0 spiro atoms. The highest BCUT2D eigenvalue weighted by atomic mass is 32.2. The van der Waals surface area contributed by atoms with Gasteiger partial charge in [0.05, 0.1) is 35.2 Å². The SMILES string of the molecule is COC(=O)Cc1csc(CCC2CCC(CS(=O)(=O)C(C)C)CC2)n1. The molecule has 7 heteroatoms. The van der Waals surface area contributed by atoms with Gasteiger partial charge in [0.25, 0.3) is 0 Å². The van der Waals surface area contributed by atoms with Gasteiger partial charge in [-0.3, -0.25) is 4.79 Å². The molecule has 1 fully saturated rings. The quantitative estimate of drug-likeness (QED) is 0.639. The normalized spacial score (nSPS) is 21.4. The molecule has 0 saturated heterocycles. The topological polar surface area (TPSA) is 73.3 Å². The van der Waals surface area contributed by atoms with Gasteiger partial charge in [-0.05, 0) is 51.4 Å². The van der Waals surface area contributed by atoms with Gasteiger partial charge >= 0.3 is 5.97 Å². The first-order valence-corrected chi connectivity index (χ1v) is 11.6. The van der Waals surface area contributed by atoms with Crippen molar-refractivity contribution in [2.75, 3.05) is 12.9 Å². The Kier molecular flexibility index (Phi) is 7.43. The average Bonchev–Trinajstić information content (AvgIpc) is 3.01. The van der Waals surface area contributed by atoms with Gasteiger partial charge in [-0.25, -0.2) is 13.4 Å². The molecule has 0 atom stereocenters. The maximum atomic E-state index is 12.1. The molecule has 5 nitrogen and oxygen atoms in total. The Balaban J connectivity index is 1.73. The first-order valence-electron chi connectivity index (χ1n) is 9.01. The molecule has 1 aromatic rings. The highest BCUT2D eigenvalue weighted by molar-refractivity contribution is 7.91. The fraction of sp³-hybridized carbons (Fsp3) is 0.778. The number of ether oxygens (including phenoxy) is 1. The molecule has 142 valence electrons. The Morgan fingerprint density at radius 3 is 2.52 bits per heavy atom. The number of hydrogen-bond donors (Lipinski definition) is 0. The number of hydrogen-bond acceptors (Lipinski definition) is 6. The van der Waals surface area contributed by atoms with Crippen molar-refractivity contribution in [1.29, 1.82) is 0 Å². The van der Waals surface area contributed by atoms with E-state index in [-0.39, 0.29) is 17.6 Å². The maximum absolute atomic E-state index is 12.1. The highest BCUT2D eigenvalue weighted by Gasteiger charge is 2.27. The Hall–Kier alpha value is -0.950. The summed E-state index contributed by atoms with van der Waals surface area (Å²) >= 11 is 1.60. The van der Waals surface area contributed by atoms with E-state index in [1.54, 1.807) is 25.2 Å². The van der Waals surface area contributed by atoms with E-state index in [0.29, 0.717) is 17.6 Å². The first kappa shape index (κ1) is 20.4. The summed E-state index contributed by atoms with van der Waals surface area (Å²) in [5, 5.41) is 2.73. The predicted octanol–water partition coefficient (Wildman–Crippen LogP) is 3.42. The number of aryl methyl sites for hydroxylation is 1. The average molecular weight is 388 g/mol. The number of nitrogens with zero attached hydrogens (tertiary/aromatic N) is 1. The van der Waals surface area contributed by atoms with Crippen molar-refractivity contribution in [1.82, 2.24) is 4.98 Å². The Bertz CT molecular complexity index is 658. The summed E-state index contributed by atoms with van der Waals surface area (Å²) < 4.78 is 28.8. The van der Waals surface area contributed by atoms with E-state index in [1.165, 1.54) is 7.11 Å². The van der Waals surface area contributed by atoms with E-state index in [2.05, 4.69) is 9.72 Å². The van der Waals surface area contributed by atoms with Crippen LogP contribution >= 0.6 is 11.3 Å². The Labute approximate surface area is 155 Å². The Morgan fingerprint density at radius 2 is 1.92 bits per heavy atom. The van der Waals surface area contributed by atoms with Crippen molar-refractivity contribution in [3.63, 3.8) is 0 Å². The molecule has 2 rings (SSSR count). The molecule has 25 heavy (non-hydrogen) atoms. The summed E-state index contributed by atoms with van der Waals surface area (Å²) in [7, 11) is -1.54. The van der Waals surface area contributed by atoms with Crippen LogP contribution in [0.5, 0.6) is 0 Å². The van der Waals surface area contributed by atoms with Crippen LogP contribution in [0, 0.1) is 11.8 Å². The van der Waals surface area contributed by atoms with Gasteiger partial charge in [-0.15, -0.1) is 11.3 Å². The molecule has 0 bridgehead atoms. The van der Waals surface area contributed by atoms with Crippen LogP contribution in [-0.2, 0) is 32.2 Å². The number of aromatic nitrogens is 1. The summed E-state index contributed by atoms with van der Waals surface area (Å²) in [6.07, 6.45) is 6.52. The van der Waals surface area contributed by atoms with Crippen molar-refractivity contribution in [2.45, 2.75) is 64.0 Å². The first-order chi connectivity index (χ1) is 11.8. The minimum absolute atomic E-state index is 0.239. The summed E-state index contributed by atoms with van der Waals surface area (Å²) in [6.45, 7) is 3.53. The molecule has 0 unspecified atom stereocenters. The van der Waals surface area contributed by atoms with Crippen LogP contribution in [-0.4, -0.2) is 37.5 Å². The van der Waals surface area contributed by atoms with Crippen LogP contribution in [0.4, 0.5) is 0 Å². The van der Waals surface area contributed by atoms with E-state index in [0.717, 1.165) is 49.2 Å². The van der Waals surface area contributed by atoms with Crippen LogP contribution in [0.3, 0.4) is 0 Å². The van der Waals surface area contributed by atoms with E-state index in [9.17, 15) is 13.2 Å². The highest BCUT2D eigenvalue weighted by Crippen LogP contribution is 2.33. The van der Waals surface area contributed by atoms with Crippen LogP contribution in [0.25, 0.3) is 0 Å². The molecule has 0 aromatic carbocycles. The lowest BCUT2D eigenvalue weighted by Gasteiger charge is -2.28. The lowest BCUT2D eigenvalue weighted by Crippen LogP contribution is -2.26. The molecule has 1 aliphatic carbocycles. The Morgan fingerprint density at radius 1 is 1.28 bits per heavy atom. The lowest BCUT2D eigenvalue weighted by atomic mass is 9.81. The minimum atomic E-state index is -2.93. The fourth-order valence-electron chi connectivity index (χ4n) is 3.30. The van der Waals surface area contributed by atoms with Crippen LogP contribution in [0.1, 0.15) is 56.7 Å². The number of carbonyl (C=O) groups is 1. The second-order valence-electron chi connectivity index (χ2n) is 7.29. The van der Waals surface area contributed by atoms with Crippen molar-refractivity contribution in [3.05, 3.63) is 16.1 Å². The van der Waals surface area contributed by atoms with Gasteiger partial charge in [0.15, 0.2) is 9.84 Å². The van der Waals surface area contributed by atoms with Crippen molar-refractivity contribution < 1.29 is 17.9 Å². The second-order valence-corrected chi connectivity index (χ2v) is 10.8. The number of rotatable bonds is 8. The molecule has 0 aliphatic heterocycles. The van der Waals surface area contributed by atoms with E-state index >= 15 is 0 Å². The molecule has 1 aromatic heterocycles. The molecule has 1 aliphatic rings. The van der Waals surface area contributed by atoms with Gasteiger partial charge in [-0.1, -0.05) is 12.8 Å². The van der Waals surface area contributed by atoms with Gasteiger partial charge in [0.2, 0.25) is 0 Å². The largest absolute Gasteiger partial charge is 0.469 e. The number of thiazole rings is 1. The maximum Gasteiger partial charge on any atom is 0.311 e. The standard InChI is InChI=1S/C18H29NO4S2/c1-13(2)25(21,22)12-15-6-4-14(5-7-15)8-9-17-19-16(11-24-17)10-18(20)23-3/h11,13-15H,4-10,12H2,1-3H3. The number of esters is 1. The second kappa shape index (κ2) is 9.12. The third-order valence-corrected chi connectivity index (χ3v) is 8.40. The van der Waals surface area contributed by atoms with E-state index in [1.807, 2.05) is 5.38 Å². The van der Waals surface area contributed by atoms with Gasteiger partial charge in [-0.2, -0.15) is 0 Å². The zero-order chi connectivity index (χ0) is 18.4. The zero-order valence-corrected chi connectivity index (χ0v) is 17.0. The summed E-state index contributed by atoms with van der Waals surface area (Å²) in [6, 6.07) is 0. The monoisotopic (exact) mass is 387 g/mol. The number of carbonyl (C=O) groups excluding carboxylic acids is 1. The van der Waals surface area contributed by atoms with Crippen LogP contribution in [0.15, 0.2) is 5.38 Å². The smallest absolute Gasteiger partial charge is 0.311 e. The molecule has 0 radical (unpaired) electrons. The van der Waals surface area contributed by atoms with Crippen LogP contribution in [0.2, 0.25) is 0 Å². The summed E-state index contributed by atoms with van der Waals surface area (Å²) in [5.41, 5.74) is 0.787. The zero-order valence-electron chi connectivity index (χ0n) is 15.4. The van der Waals surface area contributed by atoms with Crippen molar-refractivity contribution >= 4 is 27.1 Å². The fourth-order valence-corrected chi connectivity index (χ4v) is 5.49. The van der Waals surface area contributed by atoms with Gasteiger partial charge < -0.3 is 4.74 Å². The molecule has 0 N–H and O–H groups in total. The molecular weight excluding hydrogens is 358 g/mol. The van der Waals surface area contributed by atoms with Crippen molar-refractivity contribution in [3.8, 4) is 0 Å². The number of sulfone groups is 1. The third kappa shape index (κ3) is 6.37. The van der Waals surface area contributed by atoms with Crippen molar-refractivity contribution in [2.24, 2.45) is 11.8 Å². The van der Waals surface area contributed by atoms with E-state index in [4.69, 9.17) is 0 Å². The summed E-state index contributed by atoms with van der Waals surface area (Å²) in [5.74, 6) is 1.08. The lowest BCUT2D eigenvalue weighted by molar-refractivity contribution is -0.139. The molecule has 1 saturated carbocycles. The molecule has 0 amide bonds. The van der Waals surface area contributed by atoms with Gasteiger partial charge in [0, 0.05) is 5.38 Å². The molecule has 1 heterocycles. The minimum Gasteiger partial charge on any atom is -0.469 e. The molecular formula is C18H29NO4S2. The van der Waals surface area contributed by atoms with Gasteiger partial charge in [0.1, 0.15) is 0 Å². The van der Waals surface area contributed by atoms with E-state index < -0.39 is 9.84 Å². The summed E-state index contributed by atoms with van der Waals surface area (Å²) in [4.78, 5) is 15.8.